The van der Waals surface area contributed by atoms with Crippen molar-refractivity contribution in [2.75, 3.05) is 32.9 Å². The summed E-state index contributed by atoms with van der Waals surface area (Å²) in [5.41, 5.74) is 4.95. The van der Waals surface area contributed by atoms with Crippen LogP contribution in [0, 0.1) is 35.1 Å². The number of carbonyl (C=O) groups is 4. The predicted octanol–water partition coefficient (Wildman–Crippen LogP) is 13.7. The number of aryl methyl sites for hydroxylation is 2. The number of hydrogen-bond acceptors (Lipinski definition) is 14. The summed E-state index contributed by atoms with van der Waals surface area (Å²) in [6, 6.07) is 24.5. The lowest BCUT2D eigenvalue weighted by Gasteiger charge is -2.40. The monoisotopic (exact) mass is 1440 g/mol. The Hall–Kier alpha value is -3.91. The molecule has 16 nitrogen and oxygen atoms in total. The van der Waals surface area contributed by atoms with Crippen LogP contribution in [0.4, 0.5) is 17.6 Å². The zero-order valence-electron chi connectivity index (χ0n) is 51.1. The third-order valence-corrected chi connectivity index (χ3v) is 59.5. The summed E-state index contributed by atoms with van der Waals surface area (Å²) in [6.45, 7) is 11.5. The maximum Gasteiger partial charge on any atom is 0.378 e. The number of ketones is 2. The van der Waals surface area contributed by atoms with Gasteiger partial charge in [-0.15, -0.1) is 44.6 Å². The lowest BCUT2D eigenvalue weighted by Crippen LogP contribution is -2.52. The lowest BCUT2D eigenvalue weighted by molar-refractivity contribution is 0.0476. The van der Waals surface area contributed by atoms with Crippen LogP contribution < -0.4 is 31.4 Å². The first-order valence-electron chi connectivity index (χ1n) is 29.0. The minimum absolute atomic E-state index is 0. The number of halogens is 4. The number of aliphatic hydroxyl groups is 2. The van der Waals surface area contributed by atoms with Crippen LogP contribution in [0.1, 0.15) is 132 Å². The highest BCUT2D eigenvalue weighted by atomic mass is 33.2. The molecule has 1 aliphatic heterocycles. The summed E-state index contributed by atoms with van der Waals surface area (Å²) in [6.07, 6.45) is 3.30. The number of carbonyl (C=O) groups excluding carboxylic acids is 4. The number of hydrogen-bond donors (Lipinski definition) is 4. The van der Waals surface area contributed by atoms with Gasteiger partial charge in [-0.25, -0.2) is 22.4 Å². The number of aromatic nitrogens is 1. The molecule has 500 valence electrons. The van der Waals surface area contributed by atoms with Gasteiger partial charge in [0.05, 0.1) is 17.7 Å². The minimum Gasteiger partial charge on any atom is -0.483 e. The highest BCUT2D eigenvalue weighted by Gasteiger charge is 2.61. The van der Waals surface area contributed by atoms with E-state index in [0.29, 0.717) is 31.9 Å². The SMILES string of the molecule is C.CC(C)N1C[C@@]2(C[C@@H]2CO)n2cc(C(=O)CCc3ccc(F)cc3F)c(=O)c(OCc3ccccc3)c2C1=O.CC(C)NC[C@]1(N)C[C@@H]1CO.CCOC(=O)c1occ(C(=O)CCc2ccc(F)cc2F)c(=O)c1OCc1ccccc1.PPP(P(P)P)P(P)P. The molecule has 1 spiro atoms. The normalized spacial score (nSPS) is 17.8. The molecule has 5 N–H and O–H groups in total. The summed E-state index contributed by atoms with van der Waals surface area (Å²) in [4.78, 5) is 80.2. The molecule has 0 radical (unpaired) electrons. The number of nitrogens with two attached hydrogens (primary N) is 1. The molecule has 1 amide bonds. The van der Waals surface area contributed by atoms with Gasteiger partial charge in [0, 0.05) is 86.9 Å². The highest BCUT2D eigenvalue weighted by molar-refractivity contribution is 9.10. The van der Waals surface area contributed by atoms with Crippen LogP contribution in [0.2, 0.25) is 0 Å². The van der Waals surface area contributed by atoms with Crippen LogP contribution in [0.15, 0.2) is 124 Å². The molecule has 92 heavy (non-hydrogen) atoms. The molecular formula is C63H83F4N4O12P9. The fourth-order valence-electron chi connectivity index (χ4n) is 9.86. The molecule has 0 bridgehead atoms. The molecule has 4 aromatic carbocycles. The number of nitrogens with one attached hydrogen (secondary N) is 1. The average molecular weight is 1440 g/mol. The molecule has 2 aliphatic carbocycles. The van der Waals surface area contributed by atoms with Gasteiger partial charge in [0.1, 0.15) is 48.3 Å². The number of amides is 1. The van der Waals surface area contributed by atoms with Crippen LogP contribution in [0.5, 0.6) is 11.5 Å². The number of nitrogens with zero attached hydrogens (tertiary/aromatic N) is 2. The Kier molecular flexibility index (Phi) is 31.7. The van der Waals surface area contributed by atoms with Crippen molar-refractivity contribution in [1.29, 1.82) is 0 Å². The third kappa shape index (κ3) is 21.3. The van der Waals surface area contributed by atoms with E-state index in [1.165, 1.54) is 18.3 Å². The van der Waals surface area contributed by atoms with Crippen molar-refractivity contribution >= 4 is 97.0 Å². The quantitative estimate of drug-likeness (QED) is 0.0181. The Balaban J connectivity index is 0.000000258. The minimum atomic E-state index is -0.903. The number of aliphatic hydroxyl groups excluding tert-OH is 2. The number of benzene rings is 4. The lowest BCUT2D eigenvalue weighted by atomic mass is 9.99. The Morgan fingerprint density at radius 3 is 1.67 bits per heavy atom. The topological polar surface area (TPSA) is 230 Å². The van der Waals surface area contributed by atoms with Gasteiger partial charge in [-0.2, -0.15) is 0 Å². The summed E-state index contributed by atoms with van der Waals surface area (Å²) in [5.74, 6) is -6.39. The van der Waals surface area contributed by atoms with E-state index in [2.05, 4.69) is 63.8 Å². The number of ether oxygens (including phenoxy) is 3. The first-order chi connectivity index (χ1) is 43.2. The van der Waals surface area contributed by atoms with Gasteiger partial charge in [0.15, 0.2) is 23.0 Å². The maximum absolute atomic E-state index is 14.2. The summed E-state index contributed by atoms with van der Waals surface area (Å²) < 4.78 is 77.7. The van der Waals surface area contributed by atoms with E-state index in [1.807, 2.05) is 50.2 Å². The number of fused-ring (bicyclic) bond motifs is 2. The first kappa shape index (κ1) is 78.8. The second-order valence-corrected chi connectivity index (χ2v) is 53.0. The molecule has 9 rings (SSSR count). The van der Waals surface area contributed by atoms with E-state index in [9.17, 15) is 51.4 Å². The molecule has 3 aliphatic rings. The first-order valence-corrected chi connectivity index (χ1v) is 44.6. The van der Waals surface area contributed by atoms with E-state index in [1.54, 1.807) is 40.7 Å². The van der Waals surface area contributed by atoms with Crippen molar-refractivity contribution in [2.45, 2.75) is 117 Å². The zero-order valence-corrected chi connectivity index (χ0v) is 60.5. The van der Waals surface area contributed by atoms with Crippen LogP contribution in [-0.2, 0) is 36.3 Å². The molecule has 2 aromatic heterocycles. The van der Waals surface area contributed by atoms with Crippen LogP contribution in [-0.4, -0.2) is 93.7 Å². The smallest absolute Gasteiger partial charge is 0.378 e. The van der Waals surface area contributed by atoms with Crippen molar-refractivity contribution in [3.63, 3.8) is 0 Å². The number of rotatable bonds is 25. The van der Waals surface area contributed by atoms with E-state index in [4.69, 9.17) is 29.5 Å². The molecule has 10 atom stereocenters. The summed E-state index contributed by atoms with van der Waals surface area (Å²) >= 11 is 0. The van der Waals surface area contributed by atoms with Gasteiger partial charge in [-0.1, -0.05) is 102 Å². The Morgan fingerprint density at radius 2 is 1.25 bits per heavy atom. The summed E-state index contributed by atoms with van der Waals surface area (Å²) in [5, 5.41) is 22.1. The van der Waals surface area contributed by atoms with E-state index >= 15 is 0 Å². The number of Topliss-reactive ketones (excluding diaryl/α,β-unsaturated/α-hetero) is 2. The largest absolute Gasteiger partial charge is 0.483 e. The van der Waals surface area contributed by atoms with Gasteiger partial charge >= 0.3 is 5.97 Å². The van der Waals surface area contributed by atoms with Crippen molar-refractivity contribution in [1.82, 2.24) is 14.8 Å². The number of esters is 1. The van der Waals surface area contributed by atoms with Crippen LogP contribution >= 0.6 is 73.6 Å². The molecule has 29 heteroatoms. The van der Waals surface area contributed by atoms with E-state index < -0.39 is 68.7 Å². The fraction of sp³-hybridized carbons (Fsp3) is 0.397. The third-order valence-electron chi connectivity index (χ3n) is 15.2. The second kappa shape index (κ2) is 37.0. The second-order valence-electron chi connectivity index (χ2n) is 22.4. The highest BCUT2D eigenvalue weighted by Crippen LogP contribution is 3.04. The van der Waals surface area contributed by atoms with Crippen molar-refractivity contribution in [3.05, 3.63) is 198 Å². The van der Waals surface area contributed by atoms with Crippen molar-refractivity contribution in [3.8, 4) is 11.5 Å². The Morgan fingerprint density at radius 1 is 0.750 bits per heavy atom. The molecule has 6 unspecified atom stereocenters. The van der Waals surface area contributed by atoms with Crippen LogP contribution in [0.3, 0.4) is 0 Å². The fourth-order valence-corrected chi connectivity index (χ4v) is 71.0. The van der Waals surface area contributed by atoms with E-state index in [-0.39, 0.29) is 137 Å². The maximum atomic E-state index is 14.2. The number of pyridine rings is 1. The van der Waals surface area contributed by atoms with Crippen molar-refractivity contribution < 1.29 is 65.6 Å². The van der Waals surface area contributed by atoms with Gasteiger partial charge in [-0.05, 0) is 102 Å². The van der Waals surface area contributed by atoms with E-state index in [0.717, 1.165) is 62.6 Å². The standard InChI is InChI=1S/C30H30F2N2O5.C24H20F2O6.C8H18N2O.CH4.H11P9/c1-18(2)33-17-30(13-21(30)15-35)34-14-23(25(36)11-9-20-8-10-22(31)12-24(20)32)27(37)28(26(34)29(33)38)39-16-19-6-4-3-5-7-19;1-2-30-24(29)23-22(31-13-15-6-4-3-5-7-15)21(28)18(14-32-23)20(27)11-9-16-8-10-17(25)12-19(16)26;1-6(2)10-5-8(9)3-7(8)4-11;;1-6-9(7(2)3)8(4)5/h3-8,10,12,14,18,21,35H,9,11,13,15-17H2,1-2H3;3-8,10,12,14H,2,9,11,13H2,1H3;6-7,10-11H,3-5,9H2,1-2H3;1H4;6H,1-5H2/t21-,30-;;7-,8-;;/m1.1../s1. The van der Waals surface area contributed by atoms with Crippen molar-refractivity contribution in [2.24, 2.45) is 17.6 Å². The Labute approximate surface area is 551 Å². The van der Waals surface area contributed by atoms with Gasteiger partial charge in [-0.3, -0.25) is 24.0 Å². The van der Waals surface area contributed by atoms with Gasteiger partial charge in [0.2, 0.25) is 16.6 Å². The Bertz CT molecular complexity index is 3590. The molecule has 2 saturated carbocycles. The van der Waals surface area contributed by atoms with Gasteiger partial charge < -0.3 is 49.4 Å². The molecule has 6 aromatic rings. The predicted molar refractivity (Wildman–Crippen MR) is 380 cm³/mol. The molecule has 3 heterocycles. The average Bonchev–Trinajstić information content (AvgIpc) is 1.51. The summed E-state index contributed by atoms with van der Waals surface area (Å²) in [7, 11) is 15.6. The van der Waals surface area contributed by atoms with Gasteiger partial charge in [0.25, 0.3) is 11.7 Å². The van der Waals surface area contributed by atoms with Crippen LogP contribution in [0.25, 0.3) is 0 Å². The molecule has 2 fully saturated rings. The molecule has 0 saturated heterocycles. The molecular weight excluding hydrogens is 1360 g/mol. The zero-order chi connectivity index (χ0) is 66.9.